The molecule has 0 spiro atoms. The molecule has 0 aromatic heterocycles. The molecule has 0 aliphatic rings. The fourth-order valence-corrected chi connectivity index (χ4v) is 5.67. The molecule has 0 aromatic rings. The van der Waals surface area contributed by atoms with E-state index in [2.05, 4.69) is 92.1 Å². The summed E-state index contributed by atoms with van der Waals surface area (Å²) < 4.78 is 0. The van der Waals surface area contributed by atoms with Crippen LogP contribution in [0.5, 0.6) is 0 Å². The van der Waals surface area contributed by atoms with E-state index >= 15 is 0 Å². The van der Waals surface area contributed by atoms with Crippen LogP contribution in [0.1, 0.15) is 181 Å². The third-order valence-corrected chi connectivity index (χ3v) is 8.84. The van der Waals surface area contributed by atoms with E-state index < -0.39 is 12.1 Å². The minimum atomic E-state index is -0.885. The van der Waals surface area contributed by atoms with Crippen molar-refractivity contribution in [3.8, 4) is 0 Å². The van der Waals surface area contributed by atoms with Crippen LogP contribution in [0.4, 0.5) is 0 Å². The van der Waals surface area contributed by atoms with E-state index in [4.69, 9.17) is 0 Å². The predicted octanol–water partition coefficient (Wildman–Crippen LogP) is 12.9. The Morgan fingerprint density at radius 2 is 0.900 bits per heavy atom. The standard InChI is InChI=1S/C46H79NO3/c1-3-5-7-9-11-13-15-17-19-21-22-23-24-26-27-29-31-33-35-37-39-41-45(49)44(43-48)47-46(50)42-40-38-36-34-32-30-28-25-20-18-16-14-12-10-8-6-4-2/h6,8,12,14,18,20,24,26,28,30-31,33,39,41,44-45,48-49H,3-5,7,9-11,13,15-17,19,21-23,25,27,29,32,34-38,40,42-43H2,1-2H3,(H,47,50)/b8-6-,14-12-,20-18-,26-24+,30-28-,33-31+,41-39+. The van der Waals surface area contributed by atoms with E-state index in [1.807, 2.05) is 6.08 Å². The van der Waals surface area contributed by atoms with Crippen LogP contribution in [-0.4, -0.2) is 34.9 Å². The maximum Gasteiger partial charge on any atom is 0.220 e. The quantitative estimate of drug-likeness (QED) is 0.0452. The summed E-state index contributed by atoms with van der Waals surface area (Å²) in [6, 6.07) is -0.663. The second kappa shape index (κ2) is 41.0. The number of rotatable bonds is 36. The largest absolute Gasteiger partial charge is 0.394 e. The number of carbonyl (C=O) groups is 1. The molecule has 2 atom stereocenters. The predicted molar refractivity (Wildman–Crippen MR) is 220 cm³/mol. The Morgan fingerprint density at radius 3 is 1.40 bits per heavy atom. The molecule has 286 valence electrons. The lowest BCUT2D eigenvalue weighted by atomic mass is 10.1. The molecule has 0 fully saturated rings. The van der Waals surface area contributed by atoms with E-state index in [9.17, 15) is 15.0 Å². The zero-order valence-corrected chi connectivity index (χ0v) is 32.6. The van der Waals surface area contributed by atoms with Crippen molar-refractivity contribution in [1.29, 1.82) is 0 Å². The fraction of sp³-hybridized carbons (Fsp3) is 0.674. The van der Waals surface area contributed by atoms with Crippen LogP contribution in [0.3, 0.4) is 0 Å². The van der Waals surface area contributed by atoms with Crippen LogP contribution in [0.15, 0.2) is 85.1 Å². The van der Waals surface area contributed by atoms with Crippen molar-refractivity contribution in [2.45, 2.75) is 193 Å². The van der Waals surface area contributed by atoms with Gasteiger partial charge in [-0.25, -0.2) is 0 Å². The third kappa shape index (κ3) is 36.8. The molecule has 0 heterocycles. The molecule has 0 aromatic carbocycles. The number of aliphatic hydroxyl groups is 2. The Balaban J connectivity index is 3.74. The lowest BCUT2D eigenvalue weighted by Crippen LogP contribution is -2.45. The van der Waals surface area contributed by atoms with Gasteiger partial charge in [-0.15, -0.1) is 0 Å². The van der Waals surface area contributed by atoms with Gasteiger partial charge in [-0.1, -0.05) is 176 Å². The van der Waals surface area contributed by atoms with Crippen molar-refractivity contribution in [2.24, 2.45) is 0 Å². The lowest BCUT2D eigenvalue weighted by Gasteiger charge is -2.19. The van der Waals surface area contributed by atoms with Gasteiger partial charge in [0.25, 0.3) is 0 Å². The third-order valence-electron chi connectivity index (χ3n) is 8.84. The summed E-state index contributed by atoms with van der Waals surface area (Å²) in [6.07, 6.45) is 59.7. The van der Waals surface area contributed by atoms with E-state index in [0.29, 0.717) is 6.42 Å². The highest BCUT2D eigenvalue weighted by atomic mass is 16.3. The molecule has 0 aliphatic carbocycles. The SMILES string of the molecule is CC/C=C\C/C=C\C/C=C\C/C=C\CCCCCCC(=O)NC(CO)C(O)/C=C/CC/C=C/CC/C=C/CCCCCCCCCCCCC. The molecular weight excluding hydrogens is 615 g/mol. The summed E-state index contributed by atoms with van der Waals surface area (Å²) in [4.78, 5) is 12.3. The topological polar surface area (TPSA) is 69.6 Å². The highest BCUT2D eigenvalue weighted by molar-refractivity contribution is 5.76. The second-order valence-electron chi connectivity index (χ2n) is 13.7. The number of nitrogens with one attached hydrogen (secondary N) is 1. The zero-order chi connectivity index (χ0) is 36.4. The normalized spacial score (nSPS) is 13.9. The Hall–Kier alpha value is -2.43. The Labute approximate surface area is 310 Å². The first kappa shape index (κ1) is 47.6. The molecule has 4 heteroatoms. The van der Waals surface area contributed by atoms with Crippen molar-refractivity contribution in [3.63, 3.8) is 0 Å². The number of hydrogen-bond acceptors (Lipinski definition) is 3. The molecule has 0 rings (SSSR count). The highest BCUT2D eigenvalue weighted by Gasteiger charge is 2.17. The number of amides is 1. The maximum absolute atomic E-state index is 12.3. The number of aliphatic hydroxyl groups excluding tert-OH is 2. The molecule has 0 bridgehead atoms. The second-order valence-corrected chi connectivity index (χ2v) is 13.7. The van der Waals surface area contributed by atoms with Crippen LogP contribution >= 0.6 is 0 Å². The Bertz CT molecular complexity index is 926. The molecule has 2 unspecified atom stereocenters. The molecular formula is C46H79NO3. The van der Waals surface area contributed by atoms with Crippen LogP contribution in [0.2, 0.25) is 0 Å². The summed E-state index contributed by atoms with van der Waals surface area (Å²) in [6.45, 7) is 4.15. The first-order valence-corrected chi connectivity index (χ1v) is 20.8. The first-order chi connectivity index (χ1) is 24.7. The molecule has 0 radical (unpaired) electrons. The van der Waals surface area contributed by atoms with Crippen molar-refractivity contribution >= 4 is 5.91 Å². The van der Waals surface area contributed by atoms with Crippen LogP contribution < -0.4 is 5.32 Å². The molecule has 4 nitrogen and oxygen atoms in total. The van der Waals surface area contributed by atoms with E-state index in [1.165, 1.54) is 77.0 Å². The van der Waals surface area contributed by atoms with E-state index in [0.717, 1.165) is 83.5 Å². The van der Waals surface area contributed by atoms with Gasteiger partial charge in [0.1, 0.15) is 0 Å². The molecule has 1 amide bonds. The highest BCUT2D eigenvalue weighted by Crippen LogP contribution is 2.12. The molecule has 0 aliphatic heterocycles. The van der Waals surface area contributed by atoms with Gasteiger partial charge in [-0.2, -0.15) is 0 Å². The number of carbonyl (C=O) groups excluding carboxylic acids is 1. The van der Waals surface area contributed by atoms with Gasteiger partial charge >= 0.3 is 0 Å². The smallest absolute Gasteiger partial charge is 0.220 e. The minimum absolute atomic E-state index is 0.105. The zero-order valence-electron chi connectivity index (χ0n) is 32.6. The van der Waals surface area contributed by atoms with Crippen molar-refractivity contribution in [3.05, 3.63) is 85.1 Å². The van der Waals surface area contributed by atoms with E-state index in [-0.39, 0.29) is 12.5 Å². The average molecular weight is 694 g/mol. The van der Waals surface area contributed by atoms with Crippen molar-refractivity contribution < 1.29 is 15.0 Å². The molecule has 0 saturated carbocycles. The van der Waals surface area contributed by atoms with Crippen LogP contribution in [-0.2, 0) is 4.79 Å². The molecule has 3 N–H and O–H groups in total. The fourth-order valence-electron chi connectivity index (χ4n) is 5.67. The van der Waals surface area contributed by atoms with Gasteiger partial charge < -0.3 is 15.5 Å². The average Bonchev–Trinajstić information content (AvgIpc) is 3.12. The first-order valence-electron chi connectivity index (χ1n) is 20.8. The monoisotopic (exact) mass is 694 g/mol. The van der Waals surface area contributed by atoms with Crippen LogP contribution in [0, 0.1) is 0 Å². The van der Waals surface area contributed by atoms with Gasteiger partial charge in [-0.05, 0) is 83.5 Å². The van der Waals surface area contributed by atoms with Crippen molar-refractivity contribution in [1.82, 2.24) is 5.32 Å². The minimum Gasteiger partial charge on any atom is -0.394 e. The van der Waals surface area contributed by atoms with Gasteiger partial charge in [0.05, 0.1) is 18.8 Å². The van der Waals surface area contributed by atoms with Crippen LogP contribution in [0.25, 0.3) is 0 Å². The summed E-state index contributed by atoms with van der Waals surface area (Å²) >= 11 is 0. The maximum atomic E-state index is 12.3. The van der Waals surface area contributed by atoms with Gasteiger partial charge in [-0.3, -0.25) is 4.79 Å². The van der Waals surface area contributed by atoms with Gasteiger partial charge in [0, 0.05) is 6.42 Å². The number of hydrogen-bond donors (Lipinski definition) is 3. The number of unbranched alkanes of at least 4 members (excludes halogenated alkanes) is 17. The summed E-state index contributed by atoms with van der Waals surface area (Å²) in [5.41, 5.74) is 0. The summed E-state index contributed by atoms with van der Waals surface area (Å²) in [5.74, 6) is -0.105. The number of allylic oxidation sites excluding steroid dienone is 13. The van der Waals surface area contributed by atoms with Gasteiger partial charge in [0.15, 0.2) is 0 Å². The van der Waals surface area contributed by atoms with Crippen molar-refractivity contribution in [2.75, 3.05) is 6.61 Å². The Kier molecular flexibility index (Phi) is 39.0. The van der Waals surface area contributed by atoms with E-state index in [1.54, 1.807) is 6.08 Å². The summed E-state index contributed by atoms with van der Waals surface area (Å²) in [7, 11) is 0. The Morgan fingerprint density at radius 1 is 0.500 bits per heavy atom. The summed E-state index contributed by atoms with van der Waals surface area (Å²) in [5, 5.41) is 22.9. The van der Waals surface area contributed by atoms with Gasteiger partial charge in [0.2, 0.25) is 5.91 Å². The lowest BCUT2D eigenvalue weighted by molar-refractivity contribution is -0.123. The molecule has 50 heavy (non-hydrogen) atoms. The molecule has 0 saturated heterocycles.